The molecule has 1 unspecified atom stereocenters. The number of hydrogen-bond donors (Lipinski definition) is 4. The van der Waals surface area contributed by atoms with E-state index in [1.54, 1.807) is 42.8 Å². The summed E-state index contributed by atoms with van der Waals surface area (Å²) in [6, 6.07) is 22.4. The van der Waals surface area contributed by atoms with E-state index < -0.39 is 11.0 Å². The zero-order valence-electron chi connectivity index (χ0n) is 30.4. The summed E-state index contributed by atoms with van der Waals surface area (Å²) in [5.74, 6) is 0.338. The summed E-state index contributed by atoms with van der Waals surface area (Å²) in [7, 11) is 0. The number of ketones is 1. The van der Waals surface area contributed by atoms with Crippen molar-refractivity contribution in [2.45, 2.75) is 66.9 Å². The van der Waals surface area contributed by atoms with Gasteiger partial charge in [0.05, 0.1) is 0 Å². The number of allylic oxidation sites excluding steroid dienone is 2. The molecule has 50 heavy (non-hydrogen) atoms. The standard InChI is InChI=1S/C21H28O3.C20H25N3O2.Co/c1-14-10-8-9-11-16(14)15-12-17(19(2,3)4)18(22)21(13-15,24-23)20(5,6)7;24-19-9-3-1-7-17(19)15-22-13-5-11-21-12-6-14-23-16-18-8-2-4-10-20(18)25;/h8-13,23H,1-7H3;1-4,7-10,15-16,21,24-25H,5-6,11-14H2;. The number of phenolic OH excluding ortho intramolecular Hbond substituents is 2. The Kier molecular flexibility index (Phi) is 16.5. The first kappa shape index (κ1) is 42.3. The van der Waals surface area contributed by atoms with Gasteiger partial charge in [-0.3, -0.25) is 20.0 Å². The van der Waals surface area contributed by atoms with Crippen molar-refractivity contribution in [1.29, 1.82) is 0 Å². The summed E-state index contributed by atoms with van der Waals surface area (Å²) in [5.41, 5.74) is 2.86. The van der Waals surface area contributed by atoms with Gasteiger partial charge in [-0.05, 0) is 91.4 Å². The second kappa shape index (κ2) is 19.5. The van der Waals surface area contributed by atoms with E-state index in [4.69, 9.17) is 4.89 Å². The number of carbonyl (C=O) groups excluding carboxylic acids is 1. The SMILES string of the molecule is Cc1ccccc1C1=CC(OO)(C(C)(C)C)C(=O)C(C(C)(C)C)=C1.Oc1ccccc1C=NCCCNCCCN=Cc1ccccc1O.[Co]. The van der Waals surface area contributed by atoms with Crippen molar-refractivity contribution < 1.29 is 41.9 Å². The third-order valence-corrected chi connectivity index (χ3v) is 8.38. The van der Waals surface area contributed by atoms with Crippen LogP contribution in [0, 0.1) is 17.8 Å². The molecule has 1 aliphatic carbocycles. The van der Waals surface area contributed by atoms with Crippen LogP contribution in [0.25, 0.3) is 5.57 Å². The van der Waals surface area contributed by atoms with E-state index in [9.17, 15) is 20.3 Å². The van der Waals surface area contributed by atoms with Crippen LogP contribution in [-0.2, 0) is 26.5 Å². The van der Waals surface area contributed by atoms with Gasteiger partial charge in [0, 0.05) is 64.4 Å². The maximum atomic E-state index is 13.2. The maximum Gasteiger partial charge on any atom is 0.199 e. The predicted molar refractivity (Wildman–Crippen MR) is 201 cm³/mol. The van der Waals surface area contributed by atoms with Gasteiger partial charge in [0.15, 0.2) is 11.4 Å². The van der Waals surface area contributed by atoms with E-state index in [1.165, 1.54) is 0 Å². The molecule has 8 nitrogen and oxygen atoms in total. The summed E-state index contributed by atoms with van der Waals surface area (Å²) >= 11 is 0. The smallest absolute Gasteiger partial charge is 0.199 e. The number of aryl methyl sites for hydroxylation is 1. The Labute approximate surface area is 308 Å². The van der Waals surface area contributed by atoms with E-state index >= 15 is 0 Å². The molecule has 0 saturated carbocycles. The normalized spacial score (nSPS) is 16.4. The molecule has 271 valence electrons. The van der Waals surface area contributed by atoms with Gasteiger partial charge < -0.3 is 15.5 Å². The van der Waals surface area contributed by atoms with E-state index in [2.05, 4.69) is 15.3 Å². The first-order valence-electron chi connectivity index (χ1n) is 16.9. The zero-order chi connectivity index (χ0) is 36.1. The number of hydrogen-bond acceptors (Lipinski definition) is 8. The Hall–Kier alpha value is -3.86. The van der Waals surface area contributed by atoms with E-state index in [1.807, 2.05) is 103 Å². The van der Waals surface area contributed by atoms with Crippen LogP contribution >= 0.6 is 0 Å². The fraction of sp³-hybridized carbons (Fsp3) is 0.390. The molecule has 0 amide bonds. The number of aliphatic imine (C=N–C) groups is 2. The number of Topliss-reactive ketones (excluding diaryl/α,β-unsaturated/α-hetero) is 1. The third-order valence-electron chi connectivity index (χ3n) is 8.38. The van der Waals surface area contributed by atoms with Crippen LogP contribution in [-0.4, -0.2) is 65.5 Å². The molecule has 3 aromatic rings. The number of phenols is 2. The molecular formula is C41H53CoN3O5. The molecule has 1 atom stereocenters. The molecule has 4 N–H and O–H groups in total. The Balaban J connectivity index is 0.000000340. The molecule has 0 aromatic heterocycles. The Morgan fingerprint density at radius 2 is 1.26 bits per heavy atom. The minimum Gasteiger partial charge on any atom is -0.507 e. The molecule has 0 fully saturated rings. The number of para-hydroxylation sites is 2. The predicted octanol–water partition coefficient (Wildman–Crippen LogP) is 8.21. The largest absolute Gasteiger partial charge is 0.507 e. The molecule has 3 aromatic carbocycles. The van der Waals surface area contributed by atoms with Crippen molar-refractivity contribution in [2.75, 3.05) is 26.2 Å². The molecule has 0 spiro atoms. The van der Waals surface area contributed by atoms with Crippen LogP contribution < -0.4 is 5.32 Å². The van der Waals surface area contributed by atoms with E-state index in [-0.39, 0.29) is 39.5 Å². The minimum absolute atomic E-state index is 0. The second-order valence-corrected chi connectivity index (χ2v) is 14.3. The third kappa shape index (κ3) is 11.6. The van der Waals surface area contributed by atoms with Crippen molar-refractivity contribution in [2.24, 2.45) is 20.8 Å². The molecule has 4 rings (SSSR count). The summed E-state index contributed by atoms with van der Waals surface area (Å²) < 4.78 is 0. The van der Waals surface area contributed by atoms with Crippen molar-refractivity contribution in [3.63, 3.8) is 0 Å². The molecule has 0 aliphatic heterocycles. The molecule has 9 heteroatoms. The molecular weight excluding hydrogens is 673 g/mol. The van der Waals surface area contributed by atoms with Gasteiger partial charge in [-0.1, -0.05) is 90.1 Å². The summed E-state index contributed by atoms with van der Waals surface area (Å²) in [6.45, 7) is 17.0. The van der Waals surface area contributed by atoms with E-state index in [0.29, 0.717) is 5.57 Å². The molecule has 0 bridgehead atoms. The summed E-state index contributed by atoms with van der Waals surface area (Å²) in [4.78, 5) is 26.8. The zero-order valence-corrected chi connectivity index (χ0v) is 31.4. The van der Waals surface area contributed by atoms with Crippen molar-refractivity contribution in [3.05, 3.63) is 113 Å². The first-order valence-corrected chi connectivity index (χ1v) is 16.9. The molecule has 0 heterocycles. The van der Waals surface area contributed by atoms with E-state index in [0.717, 1.165) is 66.8 Å². The Bertz CT molecular complexity index is 1610. The van der Waals surface area contributed by atoms with Crippen LogP contribution in [0.4, 0.5) is 0 Å². The van der Waals surface area contributed by atoms with Crippen LogP contribution in [0.3, 0.4) is 0 Å². The number of rotatable bonds is 12. The summed E-state index contributed by atoms with van der Waals surface area (Å²) in [5, 5.41) is 32.4. The maximum absolute atomic E-state index is 13.2. The van der Waals surface area contributed by atoms with Gasteiger partial charge in [-0.2, -0.15) is 0 Å². The van der Waals surface area contributed by atoms with Gasteiger partial charge >= 0.3 is 0 Å². The van der Waals surface area contributed by atoms with Gasteiger partial charge in [-0.15, -0.1) is 0 Å². The topological polar surface area (TPSA) is 124 Å². The van der Waals surface area contributed by atoms with Crippen LogP contribution in [0.2, 0.25) is 0 Å². The second-order valence-electron chi connectivity index (χ2n) is 14.3. The number of benzene rings is 3. The minimum atomic E-state index is -1.40. The van der Waals surface area contributed by atoms with Gasteiger partial charge in [0.1, 0.15) is 11.5 Å². The van der Waals surface area contributed by atoms with Gasteiger partial charge in [0.2, 0.25) is 0 Å². The fourth-order valence-electron chi connectivity index (χ4n) is 5.35. The van der Waals surface area contributed by atoms with Gasteiger partial charge in [-0.25, -0.2) is 4.89 Å². The fourth-order valence-corrected chi connectivity index (χ4v) is 5.35. The quantitative estimate of drug-likeness (QED) is 0.0646. The van der Waals surface area contributed by atoms with Crippen molar-refractivity contribution in [1.82, 2.24) is 5.32 Å². The van der Waals surface area contributed by atoms with Crippen LogP contribution in [0.1, 0.15) is 76.6 Å². The number of aromatic hydroxyl groups is 2. The monoisotopic (exact) mass is 726 g/mol. The van der Waals surface area contributed by atoms with Crippen LogP contribution in [0.5, 0.6) is 11.5 Å². The average molecular weight is 727 g/mol. The van der Waals surface area contributed by atoms with Crippen LogP contribution in [0.15, 0.2) is 101 Å². The molecule has 1 radical (unpaired) electrons. The summed E-state index contributed by atoms with van der Waals surface area (Å²) in [6.07, 6.45) is 9.03. The number of nitrogens with one attached hydrogen (secondary N) is 1. The molecule has 1 aliphatic rings. The Morgan fingerprint density at radius 1 is 0.780 bits per heavy atom. The first-order chi connectivity index (χ1) is 23.2. The van der Waals surface area contributed by atoms with Crippen molar-refractivity contribution >= 4 is 23.8 Å². The number of nitrogens with zero attached hydrogens (tertiary/aromatic N) is 2. The van der Waals surface area contributed by atoms with Gasteiger partial charge in [0.25, 0.3) is 0 Å². The Morgan fingerprint density at radius 3 is 1.70 bits per heavy atom. The molecule has 0 saturated heterocycles. The van der Waals surface area contributed by atoms with Crippen molar-refractivity contribution in [3.8, 4) is 11.5 Å². The average Bonchev–Trinajstić information content (AvgIpc) is 3.05. The number of carbonyl (C=O) groups is 1.